The number of benzene rings is 2. The van der Waals surface area contributed by atoms with Crippen molar-refractivity contribution in [3.05, 3.63) is 94.2 Å². The Labute approximate surface area is 156 Å². The lowest BCUT2D eigenvalue weighted by molar-refractivity contribution is 0.600. The Bertz CT molecular complexity index is 925. The molecule has 6 heteroatoms. The molecule has 1 aromatic heterocycles. The quantitative estimate of drug-likeness (QED) is 0.648. The van der Waals surface area contributed by atoms with Gasteiger partial charge < -0.3 is 0 Å². The van der Waals surface area contributed by atoms with E-state index in [9.17, 15) is 8.42 Å². The van der Waals surface area contributed by atoms with Crippen molar-refractivity contribution in [3.8, 4) is 0 Å². The third-order valence-corrected chi connectivity index (χ3v) is 5.44. The van der Waals surface area contributed by atoms with Gasteiger partial charge in [-0.15, -0.1) is 0 Å². The highest BCUT2D eigenvalue weighted by atomic mass is 79.9. The Hall–Kier alpha value is -2.18. The van der Waals surface area contributed by atoms with Gasteiger partial charge in [-0.25, -0.2) is 8.42 Å². The molecule has 0 atom stereocenters. The summed E-state index contributed by atoms with van der Waals surface area (Å²) in [6, 6.07) is 18.6. The number of nitrogens with zero attached hydrogens (tertiary/aromatic N) is 1. The zero-order chi connectivity index (χ0) is 17.7. The van der Waals surface area contributed by atoms with Crippen LogP contribution in [0.4, 0.5) is 5.69 Å². The summed E-state index contributed by atoms with van der Waals surface area (Å²) in [7, 11) is -3.45. The average molecular weight is 417 g/mol. The molecule has 0 radical (unpaired) electrons. The maximum absolute atomic E-state index is 12.3. The van der Waals surface area contributed by atoms with E-state index in [0.29, 0.717) is 5.69 Å². The molecule has 0 saturated heterocycles. The molecule has 1 heterocycles. The van der Waals surface area contributed by atoms with Gasteiger partial charge in [-0.2, -0.15) is 0 Å². The number of aromatic nitrogens is 1. The summed E-state index contributed by atoms with van der Waals surface area (Å²) in [6.45, 7) is 0. The lowest BCUT2D eigenvalue weighted by Crippen LogP contribution is -2.15. The van der Waals surface area contributed by atoms with E-state index in [1.807, 2.05) is 36.4 Å². The van der Waals surface area contributed by atoms with Gasteiger partial charge in [-0.3, -0.25) is 9.71 Å². The van der Waals surface area contributed by atoms with Crippen LogP contribution in [0, 0.1) is 0 Å². The Kier molecular flexibility index (Phi) is 5.50. The monoisotopic (exact) mass is 416 g/mol. The number of rotatable bonds is 6. The molecule has 0 amide bonds. The van der Waals surface area contributed by atoms with E-state index in [0.717, 1.165) is 22.0 Å². The fourth-order valence-corrected chi connectivity index (χ4v) is 3.91. The Morgan fingerprint density at radius 3 is 2.00 bits per heavy atom. The minimum atomic E-state index is -3.45. The molecule has 2 aromatic carbocycles. The lowest BCUT2D eigenvalue weighted by Gasteiger charge is -2.09. The molecule has 3 aromatic rings. The van der Waals surface area contributed by atoms with Crippen molar-refractivity contribution >= 4 is 31.6 Å². The highest BCUT2D eigenvalue weighted by molar-refractivity contribution is 9.10. The number of pyridine rings is 1. The summed E-state index contributed by atoms with van der Waals surface area (Å²) in [5, 5.41) is 0. The molecule has 0 aliphatic rings. The summed E-state index contributed by atoms with van der Waals surface area (Å²) in [6.07, 6.45) is 4.31. The van der Waals surface area contributed by atoms with Crippen LogP contribution in [-0.2, 0) is 22.2 Å². The highest BCUT2D eigenvalue weighted by Crippen LogP contribution is 2.17. The number of anilines is 1. The van der Waals surface area contributed by atoms with Crippen molar-refractivity contribution in [1.29, 1.82) is 0 Å². The number of hydrogen-bond acceptors (Lipinski definition) is 3. The Morgan fingerprint density at radius 2 is 1.36 bits per heavy atom. The van der Waals surface area contributed by atoms with Crippen LogP contribution < -0.4 is 4.72 Å². The van der Waals surface area contributed by atoms with Gasteiger partial charge in [0.05, 0.1) is 5.75 Å². The molecular formula is C19H17BrN2O2S. The van der Waals surface area contributed by atoms with Crippen LogP contribution in [0.1, 0.15) is 16.7 Å². The van der Waals surface area contributed by atoms with Gasteiger partial charge in [-0.05, 0) is 59.5 Å². The van der Waals surface area contributed by atoms with Crippen molar-refractivity contribution in [2.75, 3.05) is 4.72 Å². The predicted octanol–water partition coefficient (Wildman–Crippen LogP) is 4.38. The van der Waals surface area contributed by atoms with Gasteiger partial charge >= 0.3 is 0 Å². The van der Waals surface area contributed by atoms with Crippen molar-refractivity contribution in [2.24, 2.45) is 0 Å². The summed E-state index contributed by atoms with van der Waals surface area (Å²) in [4.78, 5) is 4.00. The average Bonchev–Trinajstić information content (AvgIpc) is 2.59. The van der Waals surface area contributed by atoms with Crippen molar-refractivity contribution in [2.45, 2.75) is 12.2 Å². The molecule has 4 nitrogen and oxygen atoms in total. The van der Waals surface area contributed by atoms with Gasteiger partial charge in [0, 0.05) is 22.6 Å². The molecule has 1 N–H and O–H groups in total. The molecule has 0 spiro atoms. The first kappa shape index (κ1) is 17.6. The van der Waals surface area contributed by atoms with Crippen molar-refractivity contribution in [1.82, 2.24) is 4.98 Å². The van der Waals surface area contributed by atoms with Gasteiger partial charge in [0.25, 0.3) is 0 Å². The molecule has 0 aliphatic carbocycles. The summed E-state index contributed by atoms with van der Waals surface area (Å²) in [5.74, 6) is -0.0565. The molecule has 0 aliphatic heterocycles. The van der Waals surface area contributed by atoms with E-state index < -0.39 is 10.0 Å². The second-order valence-electron chi connectivity index (χ2n) is 5.72. The molecule has 128 valence electrons. The Balaban J connectivity index is 1.65. The van der Waals surface area contributed by atoms with Crippen LogP contribution in [0.3, 0.4) is 0 Å². The van der Waals surface area contributed by atoms with E-state index in [1.54, 1.807) is 36.7 Å². The van der Waals surface area contributed by atoms with Gasteiger partial charge in [-0.1, -0.05) is 40.2 Å². The van der Waals surface area contributed by atoms with Gasteiger partial charge in [0.15, 0.2) is 0 Å². The number of nitrogens with one attached hydrogen (secondary N) is 1. The van der Waals surface area contributed by atoms with Gasteiger partial charge in [0.2, 0.25) is 10.0 Å². The summed E-state index contributed by atoms with van der Waals surface area (Å²) in [5.41, 5.74) is 3.58. The molecule has 0 unspecified atom stereocenters. The second kappa shape index (κ2) is 7.80. The number of sulfonamides is 1. The van der Waals surface area contributed by atoms with Crippen molar-refractivity contribution < 1.29 is 8.42 Å². The molecule has 25 heavy (non-hydrogen) atoms. The summed E-state index contributed by atoms with van der Waals surface area (Å²) < 4.78 is 28.1. The molecule has 0 saturated carbocycles. The van der Waals surface area contributed by atoms with E-state index in [-0.39, 0.29) is 5.75 Å². The highest BCUT2D eigenvalue weighted by Gasteiger charge is 2.11. The SMILES string of the molecule is O=S(=O)(Cc1ccc(Br)cc1)Nc1ccc(Cc2ccncc2)cc1. The molecule has 0 fully saturated rings. The molecule has 3 rings (SSSR count). The standard InChI is InChI=1S/C19H17BrN2O2S/c20-18-5-1-17(2-6-18)14-25(23,24)22-19-7-3-15(4-8-19)13-16-9-11-21-12-10-16/h1-12,22H,13-14H2. The second-order valence-corrected chi connectivity index (χ2v) is 8.35. The van der Waals surface area contributed by atoms with Crippen molar-refractivity contribution in [3.63, 3.8) is 0 Å². The number of halogens is 1. The van der Waals surface area contributed by atoms with E-state index in [1.165, 1.54) is 5.56 Å². The van der Waals surface area contributed by atoms with E-state index in [2.05, 4.69) is 25.6 Å². The van der Waals surface area contributed by atoms with Gasteiger partial charge in [0.1, 0.15) is 0 Å². The third kappa shape index (κ3) is 5.41. The van der Waals surface area contributed by atoms with Crippen LogP contribution in [-0.4, -0.2) is 13.4 Å². The fraction of sp³-hybridized carbons (Fsp3) is 0.105. The minimum Gasteiger partial charge on any atom is -0.283 e. The smallest absolute Gasteiger partial charge is 0.236 e. The van der Waals surface area contributed by atoms with E-state index >= 15 is 0 Å². The largest absolute Gasteiger partial charge is 0.283 e. The van der Waals surface area contributed by atoms with Crippen LogP contribution in [0.25, 0.3) is 0 Å². The third-order valence-electron chi connectivity index (χ3n) is 3.65. The summed E-state index contributed by atoms with van der Waals surface area (Å²) >= 11 is 3.34. The minimum absolute atomic E-state index is 0.0565. The van der Waals surface area contributed by atoms with Crippen LogP contribution in [0.2, 0.25) is 0 Å². The zero-order valence-corrected chi connectivity index (χ0v) is 15.8. The van der Waals surface area contributed by atoms with E-state index in [4.69, 9.17) is 0 Å². The Morgan fingerprint density at radius 1 is 0.800 bits per heavy atom. The zero-order valence-electron chi connectivity index (χ0n) is 13.4. The molecular weight excluding hydrogens is 400 g/mol. The first-order valence-corrected chi connectivity index (χ1v) is 10.2. The maximum Gasteiger partial charge on any atom is 0.236 e. The fourth-order valence-electron chi connectivity index (χ4n) is 2.44. The number of hydrogen-bond donors (Lipinski definition) is 1. The molecule has 0 bridgehead atoms. The first-order chi connectivity index (χ1) is 12.0. The normalized spacial score (nSPS) is 11.2. The topological polar surface area (TPSA) is 59.1 Å². The van der Waals surface area contributed by atoms with Crippen LogP contribution in [0.15, 0.2) is 77.5 Å². The van der Waals surface area contributed by atoms with Crippen LogP contribution in [0.5, 0.6) is 0 Å². The maximum atomic E-state index is 12.3. The predicted molar refractivity (Wildman–Crippen MR) is 104 cm³/mol. The first-order valence-electron chi connectivity index (χ1n) is 7.73. The lowest BCUT2D eigenvalue weighted by atomic mass is 10.1. The van der Waals surface area contributed by atoms with Crippen LogP contribution >= 0.6 is 15.9 Å².